The molecule has 0 radical (unpaired) electrons. The first-order valence-corrected chi connectivity index (χ1v) is 5.88. The molecular formula is C16H14N2. The molecule has 2 heteroatoms. The van der Waals surface area contributed by atoms with Crippen molar-refractivity contribution in [3.63, 3.8) is 0 Å². The van der Waals surface area contributed by atoms with Crippen molar-refractivity contribution < 1.29 is 0 Å². The number of fused-ring (bicyclic) bond motifs is 3. The highest BCUT2D eigenvalue weighted by molar-refractivity contribution is 6.10. The Hall–Kier alpha value is -2.48. The Bertz CT molecular complexity index is 710. The van der Waals surface area contributed by atoms with Crippen LogP contribution in [0.15, 0.2) is 67.4 Å². The van der Waals surface area contributed by atoms with Crippen LogP contribution in [-0.4, -0.2) is 4.57 Å². The molecule has 88 valence electrons. The molecule has 3 aromatic rings. The minimum Gasteiger partial charge on any atom is -0.405 e. The van der Waals surface area contributed by atoms with Crippen LogP contribution in [0.4, 0.5) is 0 Å². The maximum absolute atomic E-state index is 5.47. The summed E-state index contributed by atoms with van der Waals surface area (Å²) < 4.78 is 2.13. The van der Waals surface area contributed by atoms with Crippen molar-refractivity contribution in [3.05, 3.63) is 67.4 Å². The number of rotatable bonds is 2. The summed E-state index contributed by atoms with van der Waals surface area (Å²) in [6.07, 6.45) is 3.34. The Balaban J connectivity index is 2.49. The molecule has 2 nitrogen and oxygen atoms in total. The zero-order chi connectivity index (χ0) is 12.5. The zero-order valence-electron chi connectivity index (χ0n) is 10.0. The molecule has 18 heavy (non-hydrogen) atoms. The molecule has 0 amide bonds. The monoisotopic (exact) mass is 234 g/mol. The van der Waals surface area contributed by atoms with E-state index < -0.39 is 0 Å². The first-order valence-electron chi connectivity index (χ1n) is 5.88. The number of nitrogens with zero attached hydrogens (tertiary/aromatic N) is 1. The van der Waals surface area contributed by atoms with Crippen molar-refractivity contribution in [2.45, 2.75) is 0 Å². The molecule has 1 aromatic heterocycles. The molecule has 0 spiro atoms. The van der Waals surface area contributed by atoms with Gasteiger partial charge in [0.25, 0.3) is 0 Å². The largest absolute Gasteiger partial charge is 0.405 e. The second kappa shape index (κ2) is 4.08. The highest BCUT2D eigenvalue weighted by Gasteiger charge is 2.09. The lowest BCUT2D eigenvalue weighted by atomic mass is 10.2. The van der Waals surface area contributed by atoms with Gasteiger partial charge in [-0.05, 0) is 24.4 Å². The second-order valence-corrected chi connectivity index (χ2v) is 4.22. The second-order valence-electron chi connectivity index (χ2n) is 4.22. The topological polar surface area (TPSA) is 30.9 Å². The van der Waals surface area contributed by atoms with E-state index in [9.17, 15) is 0 Å². The molecule has 2 aromatic carbocycles. The van der Waals surface area contributed by atoms with Gasteiger partial charge in [-0.15, -0.1) is 0 Å². The van der Waals surface area contributed by atoms with Crippen LogP contribution in [0.25, 0.3) is 27.5 Å². The fourth-order valence-corrected chi connectivity index (χ4v) is 2.42. The molecule has 0 atom stereocenters. The maximum Gasteiger partial charge on any atom is 0.0540 e. The first-order chi connectivity index (χ1) is 8.83. The van der Waals surface area contributed by atoms with Crippen molar-refractivity contribution in [3.8, 4) is 0 Å². The SMILES string of the molecule is C=C(/C=C\N)n1c2ccccc2c2ccccc21. The molecule has 0 aliphatic heterocycles. The quantitative estimate of drug-likeness (QED) is 0.673. The van der Waals surface area contributed by atoms with Crippen molar-refractivity contribution in [2.24, 2.45) is 5.73 Å². The van der Waals surface area contributed by atoms with Crippen LogP contribution in [0.2, 0.25) is 0 Å². The van der Waals surface area contributed by atoms with E-state index in [1.807, 2.05) is 18.2 Å². The summed E-state index contributed by atoms with van der Waals surface area (Å²) in [5.41, 5.74) is 8.65. The third-order valence-electron chi connectivity index (χ3n) is 3.16. The summed E-state index contributed by atoms with van der Waals surface area (Å²) in [4.78, 5) is 0. The van der Waals surface area contributed by atoms with E-state index in [4.69, 9.17) is 5.73 Å². The van der Waals surface area contributed by atoms with Gasteiger partial charge in [-0.1, -0.05) is 43.0 Å². The van der Waals surface area contributed by atoms with Crippen LogP contribution >= 0.6 is 0 Å². The summed E-state index contributed by atoms with van der Waals surface area (Å²) in [5.74, 6) is 0. The number of allylic oxidation sites excluding steroid dienone is 2. The van der Waals surface area contributed by atoms with Gasteiger partial charge in [0, 0.05) is 16.5 Å². The average molecular weight is 234 g/mol. The predicted molar refractivity (Wildman–Crippen MR) is 78.1 cm³/mol. The number of hydrogen-bond donors (Lipinski definition) is 1. The molecule has 0 aliphatic carbocycles. The van der Waals surface area contributed by atoms with E-state index in [1.165, 1.54) is 17.0 Å². The molecule has 1 heterocycles. The van der Waals surface area contributed by atoms with E-state index in [0.717, 1.165) is 16.7 Å². The lowest BCUT2D eigenvalue weighted by molar-refractivity contribution is 1.24. The number of aromatic nitrogens is 1. The molecule has 0 saturated carbocycles. The molecule has 0 saturated heterocycles. The molecule has 3 rings (SSSR count). The Morgan fingerprint density at radius 2 is 1.44 bits per heavy atom. The van der Waals surface area contributed by atoms with Gasteiger partial charge in [0.2, 0.25) is 0 Å². The number of nitrogens with two attached hydrogens (primary N) is 1. The van der Waals surface area contributed by atoms with Gasteiger partial charge >= 0.3 is 0 Å². The Kier molecular flexibility index (Phi) is 2.41. The molecule has 0 unspecified atom stereocenters. The van der Waals surface area contributed by atoms with Crippen molar-refractivity contribution in [1.29, 1.82) is 0 Å². The molecule has 0 aliphatic rings. The van der Waals surface area contributed by atoms with Crippen LogP contribution < -0.4 is 5.73 Å². The van der Waals surface area contributed by atoms with Crippen LogP contribution in [0, 0.1) is 0 Å². The Labute approximate surface area is 106 Å². The highest BCUT2D eigenvalue weighted by atomic mass is 15.0. The predicted octanol–water partition coefficient (Wildman–Crippen LogP) is 3.74. The van der Waals surface area contributed by atoms with E-state index in [2.05, 4.69) is 47.5 Å². The summed E-state index contributed by atoms with van der Waals surface area (Å²) in [7, 11) is 0. The molecule has 2 N–H and O–H groups in total. The van der Waals surface area contributed by atoms with Gasteiger partial charge in [0.05, 0.1) is 11.0 Å². The number of benzene rings is 2. The molecular weight excluding hydrogens is 220 g/mol. The van der Waals surface area contributed by atoms with Gasteiger partial charge in [-0.25, -0.2) is 0 Å². The Morgan fingerprint density at radius 3 is 1.94 bits per heavy atom. The standard InChI is InChI=1S/C16H14N2/c1-12(10-11-17)18-15-8-4-2-6-13(15)14-7-3-5-9-16(14)18/h2-11H,1,17H2/b11-10-. The fraction of sp³-hybridized carbons (Fsp3) is 0. The van der Waals surface area contributed by atoms with Crippen LogP contribution in [0.3, 0.4) is 0 Å². The number of para-hydroxylation sites is 2. The lowest BCUT2D eigenvalue weighted by Gasteiger charge is -2.06. The normalized spacial score (nSPS) is 11.6. The summed E-state index contributed by atoms with van der Waals surface area (Å²) in [5, 5.41) is 2.47. The van der Waals surface area contributed by atoms with Gasteiger partial charge < -0.3 is 10.3 Å². The smallest absolute Gasteiger partial charge is 0.0540 e. The van der Waals surface area contributed by atoms with Crippen LogP contribution in [0.5, 0.6) is 0 Å². The van der Waals surface area contributed by atoms with E-state index in [0.29, 0.717) is 0 Å². The van der Waals surface area contributed by atoms with E-state index in [-0.39, 0.29) is 0 Å². The molecule has 0 fully saturated rings. The van der Waals surface area contributed by atoms with E-state index in [1.54, 1.807) is 0 Å². The third kappa shape index (κ3) is 1.43. The summed E-state index contributed by atoms with van der Waals surface area (Å²) in [6, 6.07) is 16.7. The maximum atomic E-state index is 5.47. The van der Waals surface area contributed by atoms with E-state index >= 15 is 0 Å². The minimum atomic E-state index is 0.870. The van der Waals surface area contributed by atoms with Crippen LogP contribution in [0.1, 0.15) is 0 Å². The van der Waals surface area contributed by atoms with Crippen molar-refractivity contribution >= 4 is 27.5 Å². The first kappa shape index (κ1) is 10.7. The highest BCUT2D eigenvalue weighted by Crippen LogP contribution is 2.30. The van der Waals surface area contributed by atoms with Crippen molar-refractivity contribution in [2.75, 3.05) is 0 Å². The average Bonchev–Trinajstić information content (AvgIpc) is 2.73. The minimum absolute atomic E-state index is 0.870. The third-order valence-corrected chi connectivity index (χ3v) is 3.16. The lowest BCUT2D eigenvalue weighted by Crippen LogP contribution is -1.93. The summed E-state index contributed by atoms with van der Waals surface area (Å²) >= 11 is 0. The van der Waals surface area contributed by atoms with Gasteiger partial charge in [-0.2, -0.15) is 0 Å². The van der Waals surface area contributed by atoms with Crippen molar-refractivity contribution in [1.82, 2.24) is 4.57 Å². The Morgan fingerprint density at radius 1 is 0.944 bits per heavy atom. The van der Waals surface area contributed by atoms with Gasteiger partial charge in [-0.3, -0.25) is 0 Å². The van der Waals surface area contributed by atoms with Gasteiger partial charge in [0.15, 0.2) is 0 Å². The van der Waals surface area contributed by atoms with Gasteiger partial charge in [0.1, 0.15) is 0 Å². The fourth-order valence-electron chi connectivity index (χ4n) is 2.42. The van der Waals surface area contributed by atoms with Crippen LogP contribution in [-0.2, 0) is 0 Å². The zero-order valence-corrected chi connectivity index (χ0v) is 10.0. The molecule has 0 bridgehead atoms. The number of hydrogen-bond acceptors (Lipinski definition) is 1. The summed E-state index contributed by atoms with van der Waals surface area (Å²) in [6.45, 7) is 4.08.